The standard InChI is InChI=1S/C12H19N3OS/c1-3-7-15(9-11(13)17)8-10-5-4-6-14-12(10)16-2/h4-6H,3,7-9H2,1-2H3,(H2,13,17). The van der Waals surface area contributed by atoms with Gasteiger partial charge in [-0.2, -0.15) is 0 Å². The van der Waals surface area contributed by atoms with Gasteiger partial charge in [0.25, 0.3) is 0 Å². The average Bonchev–Trinajstić information content (AvgIpc) is 2.29. The van der Waals surface area contributed by atoms with Gasteiger partial charge < -0.3 is 10.5 Å². The van der Waals surface area contributed by atoms with Crippen LogP contribution in [0.15, 0.2) is 18.3 Å². The Kier molecular flexibility index (Phi) is 5.86. The Morgan fingerprint density at radius 1 is 1.59 bits per heavy atom. The largest absolute Gasteiger partial charge is 0.481 e. The number of ether oxygens (including phenoxy) is 1. The molecule has 1 heterocycles. The highest BCUT2D eigenvalue weighted by atomic mass is 32.1. The first-order valence-electron chi connectivity index (χ1n) is 5.66. The number of aromatic nitrogens is 1. The lowest BCUT2D eigenvalue weighted by atomic mass is 10.2. The minimum absolute atomic E-state index is 0.515. The van der Waals surface area contributed by atoms with Gasteiger partial charge in [0, 0.05) is 24.8 Å². The second-order valence-electron chi connectivity index (χ2n) is 3.85. The number of nitrogens with zero attached hydrogens (tertiary/aromatic N) is 2. The van der Waals surface area contributed by atoms with E-state index >= 15 is 0 Å². The van der Waals surface area contributed by atoms with Gasteiger partial charge >= 0.3 is 0 Å². The van der Waals surface area contributed by atoms with Crippen molar-refractivity contribution in [2.24, 2.45) is 5.73 Å². The Morgan fingerprint density at radius 2 is 2.35 bits per heavy atom. The van der Waals surface area contributed by atoms with E-state index < -0.39 is 0 Å². The van der Waals surface area contributed by atoms with Crippen molar-refractivity contribution in [3.63, 3.8) is 0 Å². The van der Waals surface area contributed by atoms with Crippen LogP contribution in [-0.4, -0.2) is 35.1 Å². The van der Waals surface area contributed by atoms with E-state index in [1.165, 1.54) is 0 Å². The van der Waals surface area contributed by atoms with Crippen molar-refractivity contribution < 1.29 is 4.74 Å². The average molecular weight is 253 g/mol. The Bertz CT molecular complexity index is 371. The normalized spacial score (nSPS) is 10.5. The molecule has 1 aromatic rings. The van der Waals surface area contributed by atoms with Crippen LogP contribution >= 0.6 is 12.2 Å². The maximum absolute atomic E-state index is 5.59. The summed E-state index contributed by atoms with van der Waals surface area (Å²) in [5, 5.41) is 0. The van der Waals surface area contributed by atoms with Crippen LogP contribution in [0, 0.1) is 0 Å². The maximum Gasteiger partial charge on any atom is 0.217 e. The third-order valence-electron chi connectivity index (χ3n) is 2.36. The van der Waals surface area contributed by atoms with Crippen LogP contribution in [0.3, 0.4) is 0 Å². The number of hydrogen-bond acceptors (Lipinski definition) is 4. The zero-order valence-electron chi connectivity index (χ0n) is 10.3. The van der Waals surface area contributed by atoms with Crippen molar-refractivity contribution in [3.8, 4) is 5.88 Å². The lowest BCUT2D eigenvalue weighted by Gasteiger charge is -2.21. The molecule has 0 saturated heterocycles. The number of nitrogens with two attached hydrogens (primary N) is 1. The summed E-state index contributed by atoms with van der Waals surface area (Å²) in [5.74, 6) is 0.663. The lowest BCUT2D eigenvalue weighted by Crippen LogP contribution is -2.33. The molecule has 0 aliphatic heterocycles. The van der Waals surface area contributed by atoms with E-state index in [1.54, 1.807) is 13.3 Å². The van der Waals surface area contributed by atoms with E-state index in [-0.39, 0.29) is 0 Å². The highest BCUT2D eigenvalue weighted by molar-refractivity contribution is 7.80. The fourth-order valence-electron chi connectivity index (χ4n) is 1.72. The SMILES string of the molecule is CCCN(CC(N)=S)Cc1cccnc1OC. The Morgan fingerprint density at radius 3 is 2.94 bits per heavy atom. The second-order valence-corrected chi connectivity index (χ2v) is 4.37. The molecule has 0 fully saturated rings. The van der Waals surface area contributed by atoms with Gasteiger partial charge in [-0.25, -0.2) is 4.98 Å². The van der Waals surface area contributed by atoms with Crippen molar-refractivity contribution in [1.29, 1.82) is 0 Å². The molecule has 0 atom stereocenters. The van der Waals surface area contributed by atoms with Crippen LogP contribution in [0.5, 0.6) is 5.88 Å². The fraction of sp³-hybridized carbons (Fsp3) is 0.500. The summed E-state index contributed by atoms with van der Waals surface area (Å²) in [6, 6.07) is 3.91. The number of rotatable bonds is 7. The minimum atomic E-state index is 0.515. The van der Waals surface area contributed by atoms with E-state index in [1.807, 2.05) is 12.1 Å². The van der Waals surface area contributed by atoms with Crippen LogP contribution in [0.25, 0.3) is 0 Å². The predicted octanol–water partition coefficient (Wildman–Crippen LogP) is 1.59. The molecule has 0 aromatic carbocycles. The number of hydrogen-bond donors (Lipinski definition) is 1. The molecule has 4 nitrogen and oxygen atoms in total. The van der Waals surface area contributed by atoms with Gasteiger partial charge in [0.1, 0.15) is 0 Å². The molecular weight excluding hydrogens is 234 g/mol. The first kappa shape index (κ1) is 13.9. The minimum Gasteiger partial charge on any atom is -0.481 e. The highest BCUT2D eigenvalue weighted by Crippen LogP contribution is 2.16. The van der Waals surface area contributed by atoms with E-state index in [2.05, 4.69) is 16.8 Å². The topological polar surface area (TPSA) is 51.4 Å². The lowest BCUT2D eigenvalue weighted by molar-refractivity contribution is 0.295. The smallest absolute Gasteiger partial charge is 0.217 e. The highest BCUT2D eigenvalue weighted by Gasteiger charge is 2.10. The summed E-state index contributed by atoms with van der Waals surface area (Å²) in [5.41, 5.74) is 6.65. The molecule has 1 aromatic heterocycles. The Balaban J connectivity index is 2.74. The van der Waals surface area contributed by atoms with E-state index in [0.29, 0.717) is 17.4 Å². The third-order valence-corrected chi connectivity index (χ3v) is 2.49. The molecule has 0 radical (unpaired) electrons. The molecule has 0 unspecified atom stereocenters. The van der Waals surface area contributed by atoms with Crippen LogP contribution in [0.2, 0.25) is 0 Å². The van der Waals surface area contributed by atoms with Gasteiger partial charge in [0.05, 0.1) is 12.1 Å². The molecule has 0 bridgehead atoms. The number of pyridine rings is 1. The monoisotopic (exact) mass is 253 g/mol. The van der Waals surface area contributed by atoms with E-state index in [0.717, 1.165) is 25.1 Å². The summed E-state index contributed by atoms with van der Waals surface area (Å²) in [7, 11) is 1.63. The van der Waals surface area contributed by atoms with Gasteiger partial charge in [-0.05, 0) is 19.0 Å². The zero-order chi connectivity index (χ0) is 12.7. The van der Waals surface area contributed by atoms with Gasteiger partial charge in [-0.1, -0.05) is 25.2 Å². The summed E-state index contributed by atoms with van der Waals surface area (Å²) in [4.78, 5) is 6.89. The molecule has 5 heteroatoms. The van der Waals surface area contributed by atoms with Crippen LogP contribution < -0.4 is 10.5 Å². The summed E-state index contributed by atoms with van der Waals surface area (Å²) in [6.45, 7) is 4.46. The van der Waals surface area contributed by atoms with Gasteiger partial charge in [0.2, 0.25) is 5.88 Å². The van der Waals surface area contributed by atoms with E-state index in [4.69, 9.17) is 22.7 Å². The molecule has 17 heavy (non-hydrogen) atoms. The number of methoxy groups -OCH3 is 1. The van der Waals surface area contributed by atoms with E-state index in [9.17, 15) is 0 Å². The fourth-order valence-corrected chi connectivity index (χ4v) is 1.90. The summed E-state index contributed by atoms with van der Waals surface area (Å²) in [6.07, 6.45) is 2.78. The molecule has 0 saturated carbocycles. The number of thiocarbonyl (C=S) groups is 1. The van der Waals surface area contributed by atoms with Crippen LogP contribution in [0.1, 0.15) is 18.9 Å². The Labute approximate surface area is 108 Å². The van der Waals surface area contributed by atoms with Crippen molar-refractivity contribution >= 4 is 17.2 Å². The van der Waals surface area contributed by atoms with Crippen LogP contribution in [0.4, 0.5) is 0 Å². The van der Waals surface area contributed by atoms with Crippen LogP contribution in [-0.2, 0) is 6.54 Å². The molecule has 0 aliphatic rings. The van der Waals surface area contributed by atoms with Gasteiger partial charge in [-0.15, -0.1) is 0 Å². The van der Waals surface area contributed by atoms with Crippen molar-refractivity contribution in [2.45, 2.75) is 19.9 Å². The first-order valence-corrected chi connectivity index (χ1v) is 6.06. The molecule has 0 aliphatic carbocycles. The van der Waals surface area contributed by atoms with Crippen molar-refractivity contribution in [3.05, 3.63) is 23.9 Å². The molecule has 1 rings (SSSR count). The quantitative estimate of drug-likeness (QED) is 0.748. The molecule has 0 amide bonds. The van der Waals surface area contributed by atoms with Crippen molar-refractivity contribution in [2.75, 3.05) is 20.2 Å². The van der Waals surface area contributed by atoms with Gasteiger partial charge in [0.15, 0.2) is 0 Å². The second kappa shape index (κ2) is 7.19. The first-order chi connectivity index (χ1) is 8.17. The summed E-state index contributed by atoms with van der Waals surface area (Å²) >= 11 is 4.95. The Hall–Kier alpha value is -1.20. The molecule has 94 valence electrons. The zero-order valence-corrected chi connectivity index (χ0v) is 11.2. The predicted molar refractivity (Wildman–Crippen MR) is 73.1 cm³/mol. The maximum atomic E-state index is 5.59. The molecule has 0 spiro atoms. The summed E-state index contributed by atoms with van der Waals surface area (Å²) < 4.78 is 5.23. The van der Waals surface area contributed by atoms with Crippen molar-refractivity contribution in [1.82, 2.24) is 9.88 Å². The molecular formula is C12H19N3OS. The third kappa shape index (κ3) is 4.66. The van der Waals surface area contributed by atoms with Gasteiger partial charge in [-0.3, -0.25) is 4.90 Å². The molecule has 2 N–H and O–H groups in total.